The standard InChI is InChI=1S/C19H16ClF6N5O/c1-9(2)14(16-30-29-15-11(18(21,22)23)4-3-7-31(15)16)28-17(32)27-10-5-6-13(20)12(8-10)19(24,25)26/h3-9,14H,1-2H3,(H2,27,28,32)/t14-/m0/s1. The molecule has 32 heavy (non-hydrogen) atoms. The summed E-state index contributed by atoms with van der Waals surface area (Å²) in [6.45, 7) is 3.37. The predicted molar refractivity (Wildman–Crippen MR) is 104 cm³/mol. The summed E-state index contributed by atoms with van der Waals surface area (Å²) in [6, 6.07) is 3.09. The number of pyridine rings is 1. The van der Waals surface area contributed by atoms with Crippen LogP contribution in [0.3, 0.4) is 0 Å². The predicted octanol–water partition coefficient (Wildman–Crippen LogP) is 5.94. The molecule has 6 nitrogen and oxygen atoms in total. The van der Waals surface area contributed by atoms with E-state index in [1.165, 1.54) is 18.3 Å². The molecular formula is C19H16ClF6N5O. The number of hydrogen-bond acceptors (Lipinski definition) is 3. The van der Waals surface area contributed by atoms with Gasteiger partial charge in [0.2, 0.25) is 0 Å². The van der Waals surface area contributed by atoms with Crippen molar-refractivity contribution < 1.29 is 31.1 Å². The number of nitrogens with zero attached hydrogens (tertiary/aromatic N) is 3. The maximum Gasteiger partial charge on any atom is 0.420 e. The van der Waals surface area contributed by atoms with E-state index in [4.69, 9.17) is 11.6 Å². The Hall–Kier alpha value is -3.02. The van der Waals surface area contributed by atoms with E-state index < -0.39 is 46.2 Å². The third-order valence-electron chi connectivity index (χ3n) is 4.53. The molecule has 1 aromatic carbocycles. The molecule has 3 rings (SSSR count). The molecule has 2 N–H and O–H groups in total. The van der Waals surface area contributed by atoms with Crippen molar-refractivity contribution in [2.75, 3.05) is 5.32 Å². The van der Waals surface area contributed by atoms with Crippen LogP contribution in [0.15, 0.2) is 36.5 Å². The quantitative estimate of drug-likeness (QED) is 0.455. The molecule has 13 heteroatoms. The number of nitrogens with one attached hydrogen (secondary N) is 2. The van der Waals surface area contributed by atoms with Gasteiger partial charge in [-0.15, -0.1) is 10.2 Å². The average molecular weight is 480 g/mol. The van der Waals surface area contributed by atoms with Gasteiger partial charge in [-0.05, 0) is 36.2 Å². The zero-order valence-corrected chi connectivity index (χ0v) is 17.3. The van der Waals surface area contributed by atoms with Crippen LogP contribution in [0.25, 0.3) is 5.65 Å². The molecule has 0 aliphatic heterocycles. The summed E-state index contributed by atoms with van der Waals surface area (Å²) >= 11 is 5.56. The number of urea groups is 1. The molecule has 0 bridgehead atoms. The lowest BCUT2D eigenvalue weighted by atomic mass is 10.0. The highest BCUT2D eigenvalue weighted by atomic mass is 35.5. The number of benzene rings is 1. The third-order valence-corrected chi connectivity index (χ3v) is 4.86. The maximum absolute atomic E-state index is 13.2. The highest BCUT2D eigenvalue weighted by Gasteiger charge is 2.36. The normalized spacial score (nSPS) is 13.4. The molecule has 2 heterocycles. The van der Waals surface area contributed by atoms with E-state index in [9.17, 15) is 31.1 Å². The molecule has 0 fully saturated rings. The maximum atomic E-state index is 13.2. The summed E-state index contributed by atoms with van der Waals surface area (Å²) in [4.78, 5) is 12.5. The van der Waals surface area contributed by atoms with Crippen molar-refractivity contribution in [3.8, 4) is 0 Å². The molecule has 2 amide bonds. The fraction of sp³-hybridized carbons (Fsp3) is 0.316. The molecule has 3 aromatic rings. The van der Waals surface area contributed by atoms with Gasteiger partial charge in [-0.2, -0.15) is 26.3 Å². The molecule has 0 spiro atoms. The van der Waals surface area contributed by atoms with E-state index in [0.29, 0.717) is 6.07 Å². The first-order valence-electron chi connectivity index (χ1n) is 9.14. The third kappa shape index (κ3) is 4.90. The topological polar surface area (TPSA) is 71.3 Å². The molecule has 0 aliphatic rings. The van der Waals surface area contributed by atoms with Crippen LogP contribution < -0.4 is 10.6 Å². The summed E-state index contributed by atoms with van der Waals surface area (Å²) in [5, 5.41) is 11.7. The fourth-order valence-corrected chi connectivity index (χ4v) is 3.25. The van der Waals surface area contributed by atoms with E-state index in [-0.39, 0.29) is 17.4 Å². The minimum absolute atomic E-state index is 0.0309. The monoisotopic (exact) mass is 479 g/mol. The van der Waals surface area contributed by atoms with Crippen molar-refractivity contribution in [1.29, 1.82) is 0 Å². The summed E-state index contributed by atoms with van der Waals surface area (Å²) in [5.41, 5.74) is -2.73. The Morgan fingerprint density at radius 3 is 2.28 bits per heavy atom. The van der Waals surface area contributed by atoms with E-state index in [0.717, 1.165) is 16.5 Å². The fourth-order valence-electron chi connectivity index (χ4n) is 3.03. The first kappa shape index (κ1) is 23.6. The Bertz CT molecular complexity index is 1140. The number of fused-ring (bicyclic) bond motifs is 1. The number of rotatable bonds is 4. The number of aromatic nitrogens is 3. The van der Waals surface area contributed by atoms with Gasteiger partial charge in [0.05, 0.1) is 16.6 Å². The molecule has 1 atom stereocenters. The first-order valence-corrected chi connectivity index (χ1v) is 9.52. The van der Waals surface area contributed by atoms with Crippen molar-refractivity contribution in [2.24, 2.45) is 5.92 Å². The molecular weight excluding hydrogens is 464 g/mol. The molecule has 0 unspecified atom stereocenters. The highest BCUT2D eigenvalue weighted by molar-refractivity contribution is 6.31. The second-order valence-corrected chi connectivity index (χ2v) is 7.59. The van der Waals surface area contributed by atoms with Gasteiger partial charge in [-0.3, -0.25) is 4.40 Å². The van der Waals surface area contributed by atoms with Gasteiger partial charge in [-0.1, -0.05) is 25.4 Å². The Kier molecular flexibility index (Phi) is 6.27. The van der Waals surface area contributed by atoms with Crippen molar-refractivity contribution in [2.45, 2.75) is 32.2 Å². The number of carbonyl (C=O) groups is 1. The van der Waals surface area contributed by atoms with Crippen LogP contribution in [0.1, 0.15) is 36.8 Å². The molecule has 0 aliphatic carbocycles. The van der Waals surface area contributed by atoms with Gasteiger partial charge in [0, 0.05) is 11.9 Å². The van der Waals surface area contributed by atoms with Crippen LogP contribution in [0.4, 0.5) is 36.8 Å². The van der Waals surface area contributed by atoms with Crippen molar-refractivity contribution >= 4 is 29.0 Å². The lowest BCUT2D eigenvalue weighted by Crippen LogP contribution is -2.36. The minimum atomic E-state index is -4.72. The van der Waals surface area contributed by atoms with E-state index in [1.54, 1.807) is 13.8 Å². The summed E-state index contributed by atoms with van der Waals surface area (Å²) in [5.74, 6) is -0.318. The van der Waals surface area contributed by atoms with Gasteiger partial charge >= 0.3 is 18.4 Å². The Morgan fingerprint density at radius 1 is 1.03 bits per heavy atom. The SMILES string of the molecule is CC(C)[C@H](NC(=O)Nc1ccc(Cl)c(C(F)(F)F)c1)c1nnc2c(C(F)(F)F)cccn12. The average Bonchev–Trinajstić information content (AvgIpc) is 3.09. The van der Waals surface area contributed by atoms with Gasteiger partial charge < -0.3 is 10.6 Å². The minimum Gasteiger partial charge on any atom is -0.328 e. The lowest BCUT2D eigenvalue weighted by molar-refractivity contribution is -0.138. The largest absolute Gasteiger partial charge is 0.420 e. The Balaban J connectivity index is 1.88. The number of anilines is 1. The van der Waals surface area contributed by atoms with Crippen LogP contribution >= 0.6 is 11.6 Å². The van der Waals surface area contributed by atoms with Crippen LogP contribution in [0.2, 0.25) is 5.02 Å². The lowest BCUT2D eigenvalue weighted by Gasteiger charge is -2.21. The smallest absolute Gasteiger partial charge is 0.328 e. The summed E-state index contributed by atoms with van der Waals surface area (Å²) in [7, 11) is 0. The van der Waals surface area contributed by atoms with Gasteiger partial charge in [0.25, 0.3) is 0 Å². The van der Waals surface area contributed by atoms with Crippen LogP contribution in [-0.2, 0) is 12.4 Å². The van der Waals surface area contributed by atoms with Crippen molar-refractivity contribution in [3.63, 3.8) is 0 Å². The van der Waals surface area contributed by atoms with Crippen LogP contribution in [0, 0.1) is 5.92 Å². The number of amides is 2. The summed E-state index contributed by atoms with van der Waals surface area (Å²) in [6.07, 6.45) is -8.05. The Morgan fingerprint density at radius 2 is 1.69 bits per heavy atom. The van der Waals surface area contributed by atoms with Gasteiger partial charge in [-0.25, -0.2) is 4.79 Å². The van der Waals surface area contributed by atoms with E-state index in [2.05, 4.69) is 20.8 Å². The number of halogens is 7. The zero-order chi connectivity index (χ0) is 23.8. The molecule has 172 valence electrons. The zero-order valence-electron chi connectivity index (χ0n) is 16.5. The molecule has 0 radical (unpaired) electrons. The second kappa shape index (κ2) is 8.49. The van der Waals surface area contributed by atoms with E-state index in [1.807, 2.05) is 0 Å². The first-order chi connectivity index (χ1) is 14.8. The van der Waals surface area contributed by atoms with Crippen molar-refractivity contribution in [3.05, 3.63) is 58.5 Å². The van der Waals surface area contributed by atoms with Crippen molar-refractivity contribution in [1.82, 2.24) is 19.9 Å². The number of alkyl halides is 6. The second-order valence-electron chi connectivity index (χ2n) is 7.18. The number of carbonyl (C=O) groups excluding carboxylic acids is 1. The van der Waals surface area contributed by atoms with Gasteiger partial charge in [0.1, 0.15) is 5.56 Å². The Labute approximate surface area is 182 Å². The summed E-state index contributed by atoms with van der Waals surface area (Å²) < 4.78 is 79.9. The van der Waals surface area contributed by atoms with E-state index >= 15 is 0 Å². The molecule has 2 aromatic heterocycles. The molecule has 0 saturated heterocycles. The van der Waals surface area contributed by atoms with Crippen LogP contribution in [0.5, 0.6) is 0 Å². The van der Waals surface area contributed by atoms with Gasteiger partial charge in [0.15, 0.2) is 11.5 Å². The molecule has 0 saturated carbocycles. The highest BCUT2D eigenvalue weighted by Crippen LogP contribution is 2.36. The van der Waals surface area contributed by atoms with Crippen LogP contribution in [-0.4, -0.2) is 20.6 Å². The number of hydrogen-bond donors (Lipinski definition) is 2.